The van der Waals surface area contributed by atoms with Crippen LogP contribution in [-0.4, -0.2) is 60.6 Å². The van der Waals surface area contributed by atoms with E-state index in [4.69, 9.17) is 4.42 Å². The van der Waals surface area contributed by atoms with E-state index in [1.807, 2.05) is 37.3 Å². The fraction of sp³-hybridized carbons (Fsp3) is 0.421. The van der Waals surface area contributed by atoms with Gasteiger partial charge in [0, 0.05) is 33.2 Å². The Morgan fingerprint density at radius 2 is 1.88 bits per heavy atom. The van der Waals surface area contributed by atoms with E-state index >= 15 is 0 Å². The second-order valence-corrected chi connectivity index (χ2v) is 6.51. The van der Waals surface area contributed by atoms with Crippen molar-refractivity contribution < 1.29 is 14.3 Å². The van der Waals surface area contributed by atoms with Gasteiger partial charge in [0.1, 0.15) is 17.3 Å². The summed E-state index contributed by atoms with van der Waals surface area (Å²) in [6.45, 7) is 5.99. The van der Waals surface area contributed by atoms with Gasteiger partial charge in [0.2, 0.25) is 5.91 Å². The van der Waals surface area contributed by atoms with Gasteiger partial charge in [-0.05, 0) is 31.2 Å². The summed E-state index contributed by atoms with van der Waals surface area (Å²) in [4.78, 5) is 18.4. The molecular formula is C19H25N3O3. The lowest BCUT2D eigenvalue weighted by molar-refractivity contribution is -0.132. The Balaban J connectivity index is 1.48. The van der Waals surface area contributed by atoms with Gasteiger partial charge >= 0.3 is 0 Å². The first-order valence-electron chi connectivity index (χ1n) is 8.57. The first kappa shape index (κ1) is 17.4. The van der Waals surface area contributed by atoms with Crippen LogP contribution in [0.25, 0.3) is 0 Å². The molecule has 0 unspecified atom stereocenters. The van der Waals surface area contributed by atoms with Crippen molar-refractivity contribution in [2.24, 2.45) is 0 Å². The van der Waals surface area contributed by atoms with Crippen molar-refractivity contribution in [3.8, 4) is 5.75 Å². The average molecular weight is 343 g/mol. The number of benzene rings is 1. The maximum Gasteiger partial charge on any atom is 0.236 e. The maximum atomic E-state index is 12.4. The molecule has 25 heavy (non-hydrogen) atoms. The molecule has 1 aromatic carbocycles. The van der Waals surface area contributed by atoms with Crippen LogP contribution >= 0.6 is 0 Å². The van der Waals surface area contributed by atoms with Crippen LogP contribution in [0.3, 0.4) is 0 Å². The van der Waals surface area contributed by atoms with Gasteiger partial charge in [0.05, 0.1) is 18.8 Å². The van der Waals surface area contributed by atoms with Crippen molar-refractivity contribution in [2.75, 3.05) is 44.7 Å². The van der Waals surface area contributed by atoms with Crippen molar-refractivity contribution in [1.29, 1.82) is 0 Å². The molecule has 0 saturated carbocycles. The minimum absolute atomic E-state index is 0.0880. The number of para-hydroxylation sites is 2. The molecule has 0 aliphatic carbocycles. The third-order valence-corrected chi connectivity index (χ3v) is 4.57. The number of nitrogens with zero attached hydrogens (tertiary/aromatic N) is 3. The van der Waals surface area contributed by atoms with Crippen LogP contribution in [0, 0.1) is 6.92 Å². The summed E-state index contributed by atoms with van der Waals surface area (Å²) in [7, 11) is 1.80. The average Bonchev–Trinajstić information content (AvgIpc) is 3.01. The fourth-order valence-electron chi connectivity index (χ4n) is 3.08. The van der Waals surface area contributed by atoms with E-state index in [0.29, 0.717) is 18.8 Å². The Labute approximate surface area is 148 Å². The predicted molar refractivity (Wildman–Crippen MR) is 96.7 cm³/mol. The number of phenolic OH excluding ortho intramolecular Hbond substituents is 1. The fourth-order valence-corrected chi connectivity index (χ4v) is 3.08. The van der Waals surface area contributed by atoms with Crippen molar-refractivity contribution in [3.63, 3.8) is 0 Å². The number of likely N-dealkylation sites (N-methyl/N-ethyl adjacent to an activating group) is 1. The lowest BCUT2D eigenvalue weighted by Gasteiger charge is -2.36. The molecule has 1 fully saturated rings. The second kappa shape index (κ2) is 7.61. The number of furan rings is 1. The number of anilines is 1. The van der Waals surface area contributed by atoms with Gasteiger partial charge in [0.25, 0.3) is 0 Å². The number of carbonyl (C=O) groups excluding carboxylic acids is 1. The zero-order valence-corrected chi connectivity index (χ0v) is 14.8. The molecule has 0 radical (unpaired) electrons. The predicted octanol–water partition coefficient (Wildman–Crippen LogP) is 2.07. The highest BCUT2D eigenvalue weighted by atomic mass is 16.3. The smallest absolute Gasteiger partial charge is 0.236 e. The summed E-state index contributed by atoms with van der Waals surface area (Å²) in [6.07, 6.45) is 0. The minimum atomic E-state index is 0.0880. The summed E-state index contributed by atoms with van der Waals surface area (Å²) in [5.41, 5.74) is 0.860. The second-order valence-electron chi connectivity index (χ2n) is 6.51. The Morgan fingerprint density at radius 3 is 2.52 bits per heavy atom. The van der Waals surface area contributed by atoms with Crippen molar-refractivity contribution in [3.05, 3.63) is 47.9 Å². The van der Waals surface area contributed by atoms with Gasteiger partial charge in [-0.25, -0.2) is 0 Å². The maximum absolute atomic E-state index is 12.4. The van der Waals surface area contributed by atoms with Crippen LogP contribution in [0.15, 0.2) is 40.8 Å². The topological polar surface area (TPSA) is 60.2 Å². The van der Waals surface area contributed by atoms with Crippen LogP contribution in [0.4, 0.5) is 5.69 Å². The van der Waals surface area contributed by atoms with Crippen LogP contribution in [0.1, 0.15) is 11.5 Å². The monoisotopic (exact) mass is 343 g/mol. The summed E-state index contributed by atoms with van der Waals surface area (Å²) in [5, 5.41) is 9.96. The van der Waals surface area contributed by atoms with Gasteiger partial charge in [-0.1, -0.05) is 12.1 Å². The Morgan fingerprint density at radius 1 is 1.16 bits per heavy atom. The lowest BCUT2D eigenvalue weighted by atomic mass is 10.2. The number of aromatic hydroxyl groups is 1. The number of hydrogen-bond acceptors (Lipinski definition) is 5. The van der Waals surface area contributed by atoms with E-state index in [2.05, 4.69) is 9.80 Å². The van der Waals surface area contributed by atoms with Gasteiger partial charge < -0.3 is 19.3 Å². The molecule has 1 N–H and O–H groups in total. The quantitative estimate of drug-likeness (QED) is 0.901. The molecule has 2 heterocycles. The number of aryl methyl sites for hydroxylation is 1. The Bertz CT molecular complexity index is 720. The third kappa shape index (κ3) is 4.33. The van der Waals surface area contributed by atoms with E-state index < -0.39 is 0 Å². The van der Waals surface area contributed by atoms with E-state index in [1.54, 1.807) is 18.0 Å². The number of hydrogen-bond donors (Lipinski definition) is 1. The molecule has 6 heteroatoms. The summed E-state index contributed by atoms with van der Waals surface area (Å²) >= 11 is 0. The molecule has 134 valence electrons. The first-order chi connectivity index (χ1) is 12.0. The van der Waals surface area contributed by atoms with Gasteiger partial charge in [-0.3, -0.25) is 9.69 Å². The van der Waals surface area contributed by atoms with Crippen LogP contribution < -0.4 is 4.90 Å². The number of amides is 1. The molecular weight excluding hydrogens is 318 g/mol. The highest BCUT2D eigenvalue weighted by molar-refractivity contribution is 5.78. The highest BCUT2D eigenvalue weighted by Gasteiger charge is 2.22. The van der Waals surface area contributed by atoms with Crippen LogP contribution in [0.5, 0.6) is 5.75 Å². The number of piperazine rings is 1. The van der Waals surface area contributed by atoms with Gasteiger partial charge in [-0.15, -0.1) is 0 Å². The van der Waals surface area contributed by atoms with E-state index in [1.165, 1.54) is 0 Å². The number of carbonyl (C=O) groups is 1. The SMILES string of the molecule is Cc1ccc(CN(C)C(=O)CN2CCN(c3ccccc3O)CC2)o1. The van der Waals surface area contributed by atoms with E-state index in [-0.39, 0.29) is 5.91 Å². The number of phenols is 1. The first-order valence-corrected chi connectivity index (χ1v) is 8.57. The van der Waals surface area contributed by atoms with Crippen LogP contribution in [-0.2, 0) is 11.3 Å². The normalized spacial score (nSPS) is 15.4. The summed E-state index contributed by atoms with van der Waals surface area (Å²) < 4.78 is 5.53. The van der Waals surface area contributed by atoms with Crippen LogP contribution in [0.2, 0.25) is 0 Å². The molecule has 3 rings (SSSR count). The molecule has 6 nitrogen and oxygen atoms in total. The molecule has 0 spiro atoms. The molecule has 2 aromatic rings. The summed E-state index contributed by atoms with van der Waals surface area (Å²) in [5.74, 6) is 2.06. The largest absolute Gasteiger partial charge is 0.506 e. The summed E-state index contributed by atoms with van der Waals surface area (Å²) in [6, 6.07) is 11.2. The number of rotatable bonds is 5. The molecule has 0 bridgehead atoms. The third-order valence-electron chi connectivity index (χ3n) is 4.57. The van der Waals surface area contributed by atoms with Crippen molar-refractivity contribution in [1.82, 2.24) is 9.80 Å². The molecule has 1 amide bonds. The molecule has 1 aliphatic heterocycles. The standard InChI is InChI=1S/C19H25N3O3/c1-15-7-8-16(25-15)13-20(2)19(24)14-21-9-11-22(12-10-21)17-5-3-4-6-18(17)23/h3-8,23H,9-14H2,1-2H3. The molecule has 1 aromatic heterocycles. The Kier molecular flexibility index (Phi) is 5.28. The molecule has 0 atom stereocenters. The minimum Gasteiger partial charge on any atom is -0.506 e. The van der Waals surface area contributed by atoms with Crippen molar-refractivity contribution in [2.45, 2.75) is 13.5 Å². The molecule has 1 saturated heterocycles. The lowest BCUT2D eigenvalue weighted by Crippen LogP contribution is -2.49. The zero-order valence-electron chi connectivity index (χ0n) is 14.8. The van der Waals surface area contributed by atoms with Gasteiger partial charge in [-0.2, -0.15) is 0 Å². The zero-order chi connectivity index (χ0) is 17.8. The van der Waals surface area contributed by atoms with Gasteiger partial charge in [0.15, 0.2) is 0 Å². The van der Waals surface area contributed by atoms with E-state index in [0.717, 1.165) is 43.4 Å². The van der Waals surface area contributed by atoms with E-state index in [9.17, 15) is 9.90 Å². The molecule has 1 aliphatic rings. The Hall–Kier alpha value is -2.47. The van der Waals surface area contributed by atoms with Crippen molar-refractivity contribution >= 4 is 11.6 Å². The highest BCUT2D eigenvalue weighted by Crippen LogP contribution is 2.27.